The number of carbonyl (C=O) groups is 1. The number of thiophene rings is 1. The Morgan fingerprint density at radius 1 is 1.24 bits per heavy atom. The SMILES string of the molecule is Cc1ccc(CC(C)NC(=O)c2ccc(C(N)=S)cc2)s1. The van der Waals surface area contributed by atoms with Crippen molar-refractivity contribution in [2.24, 2.45) is 5.73 Å². The molecule has 0 saturated heterocycles. The molecule has 0 radical (unpaired) electrons. The fourth-order valence-electron chi connectivity index (χ4n) is 2.04. The van der Waals surface area contributed by atoms with Gasteiger partial charge < -0.3 is 11.1 Å². The number of nitrogens with two attached hydrogens (primary N) is 1. The highest BCUT2D eigenvalue weighted by molar-refractivity contribution is 7.80. The van der Waals surface area contributed by atoms with Gasteiger partial charge in [-0.3, -0.25) is 4.79 Å². The van der Waals surface area contributed by atoms with Crippen molar-refractivity contribution in [2.45, 2.75) is 26.3 Å². The van der Waals surface area contributed by atoms with Crippen LogP contribution in [-0.2, 0) is 6.42 Å². The zero-order valence-electron chi connectivity index (χ0n) is 12.1. The molecule has 0 bridgehead atoms. The largest absolute Gasteiger partial charge is 0.389 e. The standard InChI is InChI=1S/C16H18N2OS2/c1-10(9-14-8-3-11(2)21-14)18-16(19)13-6-4-12(5-7-13)15(17)20/h3-8,10H,9H2,1-2H3,(H2,17,20)(H,18,19). The van der Waals surface area contributed by atoms with Crippen LogP contribution in [0, 0.1) is 6.92 Å². The molecular formula is C16H18N2OS2. The molecule has 2 rings (SSSR count). The van der Waals surface area contributed by atoms with E-state index in [9.17, 15) is 4.79 Å². The van der Waals surface area contributed by atoms with Crippen LogP contribution in [0.2, 0.25) is 0 Å². The molecule has 0 spiro atoms. The summed E-state index contributed by atoms with van der Waals surface area (Å²) in [6.07, 6.45) is 0.842. The molecule has 2 aromatic rings. The van der Waals surface area contributed by atoms with Gasteiger partial charge in [-0.1, -0.05) is 24.4 Å². The third kappa shape index (κ3) is 4.37. The summed E-state index contributed by atoms with van der Waals surface area (Å²) >= 11 is 6.66. The van der Waals surface area contributed by atoms with E-state index in [1.54, 1.807) is 35.6 Å². The number of hydrogen-bond acceptors (Lipinski definition) is 3. The number of carbonyl (C=O) groups excluding carboxylic acids is 1. The first-order valence-corrected chi connectivity index (χ1v) is 7.94. The Kier molecular flexibility index (Phi) is 5.09. The van der Waals surface area contributed by atoms with E-state index in [0.717, 1.165) is 12.0 Å². The van der Waals surface area contributed by atoms with Crippen LogP contribution < -0.4 is 11.1 Å². The molecule has 0 saturated carbocycles. The van der Waals surface area contributed by atoms with Gasteiger partial charge in [-0.15, -0.1) is 11.3 Å². The summed E-state index contributed by atoms with van der Waals surface area (Å²) in [5, 5.41) is 3.01. The number of benzene rings is 1. The molecule has 3 nitrogen and oxygen atoms in total. The Morgan fingerprint density at radius 3 is 2.38 bits per heavy atom. The molecule has 1 atom stereocenters. The minimum atomic E-state index is -0.0785. The Labute approximate surface area is 134 Å². The first-order valence-electron chi connectivity index (χ1n) is 6.72. The Bertz CT molecular complexity index is 647. The number of rotatable bonds is 5. The highest BCUT2D eigenvalue weighted by atomic mass is 32.1. The molecule has 0 aliphatic heterocycles. The Morgan fingerprint density at radius 2 is 1.86 bits per heavy atom. The highest BCUT2D eigenvalue weighted by Gasteiger charge is 2.11. The van der Waals surface area contributed by atoms with Crippen molar-refractivity contribution in [2.75, 3.05) is 0 Å². The first kappa shape index (κ1) is 15.7. The van der Waals surface area contributed by atoms with Gasteiger partial charge in [0.05, 0.1) is 0 Å². The number of hydrogen-bond donors (Lipinski definition) is 2. The van der Waals surface area contributed by atoms with E-state index in [1.807, 2.05) is 6.92 Å². The molecule has 1 heterocycles. The molecule has 0 aliphatic rings. The molecular weight excluding hydrogens is 300 g/mol. The number of aryl methyl sites for hydroxylation is 1. The summed E-state index contributed by atoms with van der Waals surface area (Å²) in [5.41, 5.74) is 6.92. The van der Waals surface area contributed by atoms with E-state index in [-0.39, 0.29) is 11.9 Å². The van der Waals surface area contributed by atoms with E-state index in [2.05, 4.69) is 24.4 Å². The van der Waals surface area contributed by atoms with Crippen molar-refractivity contribution in [1.82, 2.24) is 5.32 Å². The molecule has 110 valence electrons. The summed E-state index contributed by atoms with van der Waals surface area (Å²) in [6, 6.07) is 11.3. The lowest BCUT2D eigenvalue weighted by Gasteiger charge is -2.13. The monoisotopic (exact) mass is 318 g/mol. The van der Waals surface area contributed by atoms with Crippen LogP contribution in [0.1, 0.15) is 32.6 Å². The number of thiocarbonyl (C=S) groups is 1. The van der Waals surface area contributed by atoms with Crippen molar-refractivity contribution >= 4 is 34.5 Å². The number of amides is 1. The summed E-state index contributed by atoms with van der Waals surface area (Å²) in [7, 11) is 0. The van der Waals surface area contributed by atoms with Gasteiger partial charge in [0.2, 0.25) is 0 Å². The quantitative estimate of drug-likeness (QED) is 0.833. The topological polar surface area (TPSA) is 55.1 Å². The molecule has 0 fully saturated rings. The fourth-order valence-corrected chi connectivity index (χ4v) is 3.20. The van der Waals surface area contributed by atoms with Crippen molar-refractivity contribution in [3.05, 3.63) is 57.3 Å². The van der Waals surface area contributed by atoms with Crippen LogP contribution in [-0.4, -0.2) is 16.9 Å². The second kappa shape index (κ2) is 6.83. The van der Waals surface area contributed by atoms with Crippen LogP contribution in [0.3, 0.4) is 0 Å². The van der Waals surface area contributed by atoms with Crippen LogP contribution in [0.15, 0.2) is 36.4 Å². The molecule has 3 N–H and O–H groups in total. The van der Waals surface area contributed by atoms with Crippen molar-refractivity contribution in [3.63, 3.8) is 0 Å². The maximum Gasteiger partial charge on any atom is 0.251 e. The Balaban J connectivity index is 1.95. The maximum atomic E-state index is 12.2. The minimum Gasteiger partial charge on any atom is -0.389 e. The normalized spacial score (nSPS) is 11.9. The molecule has 5 heteroatoms. The second-order valence-corrected chi connectivity index (χ2v) is 6.84. The maximum absolute atomic E-state index is 12.2. The lowest BCUT2D eigenvalue weighted by molar-refractivity contribution is 0.0940. The van der Waals surface area contributed by atoms with Crippen LogP contribution >= 0.6 is 23.6 Å². The van der Waals surface area contributed by atoms with Gasteiger partial charge in [-0.25, -0.2) is 0 Å². The smallest absolute Gasteiger partial charge is 0.251 e. The van der Waals surface area contributed by atoms with Crippen molar-refractivity contribution in [3.8, 4) is 0 Å². The summed E-state index contributed by atoms with van der Waals surface area (Å²) in [5.74, 6) is -0.0785. The van der Waals surface area contributed by atoms with E-state index in [0.29, 0.717) is 10.6 Å². The zero-order chi connectivity index (χ0) is 15.4. The van der Waals surface area contributed by atoms with Gasteiger partial charge in [0, 0.05) is 33.3 Å². The highest BCUT2D eigenvalue weighted by Crippen LogP contribution is 2.16. The van der Waals surface area contributed by atoms with Crippen LogP contribution in [0.25, 0.3) is 0 Å². The van der Waals surface area contributed by atoms with E-state index in [1.165, 1.54) is 9.75 Å². The fraction of sp³-hybridized carbons (Fsp3) is 0.250. The number of nitrogens with one attached hydrogen (secondary N) is 1. The van der Waals surface area contributed by atoms with E-state index >= 15 is 0 Å². The van der Waals surface area contributed by atoms with Crippen molar-refractivity contribution in [1.29, 1.82) is 0 Å². The van der Waals surface area contributed by atoms with Gasteiger partial charge in [-0.05, 0) is 38.1 Å². The van der Waals surface area contributed by atoms with Gasteiger partial charge >= 0.3 is 0 Å². The Hall–Kier alpha value is -1.72. The predicted octanol–water partition coefficient (Wildman–Crippen LogP) is 3.05. The summed E-state index contributed by atoms with van der Waals surface area (Å²) in [6.45, 7) is 4.09. The van der Waals surface area contributed by atoms with Crippen molar-refractivity contribution < 1.29 is 4.79 Å². The summed E-state index contributed by atoms with van der Waals surface area (Å²) < 4.78 is 0. The van der Waals surface area contributed by atoms with Crippen LogP contribution in [0.5, 0.6) is 0 Å². The molecule has 1 aromatic carbocycles. The first-order chi connectivity index (χ1) is 9.95. The third-order valence-corrected chi connectivity index (χ3v) is 4.37. The van der Waals surface area contributed by atoms with E-state index in [4.69, 9.17) is 18.0 Å². The predicted molar refractivity (Wildman–Crippen MR) is 92.0 cm³/mol. The third-order valence-electron chi connectivity index (χ3n) is 3.11. The molecule has 21 heavy (non-hydrogen) atoms. The van der Waals surface area contributed by atoms with Gasteiger partial charge in [0.1, 0.15) is 4.99 Å². The molecule has 1 amide bonds. The van der Waals surface area contributed by atoms with Gasteiger partial charge in [0.15, 0.2) is 0 Å². The minimum absolute atomic E-state index is 0.0785. The average molecular weight is 318 g/mol. The molecule has 0 aliphatic carbocycles. The second-order valence-electron chi connectivity index (χ2n) is 5.03. The van der Waals surface area contributed by atoms with E-state index < -0.39 is 0 Å². The summed E-state index contributed by atoms with van der Waals surface area (Å²) in [4.78, 5) is 15.1. The molecule has 1 aromatic heterocycles. The van der Waals surface area contributed by atoms with Gasteiger partial charge in [-0.2, -0.15) is 0 Å². The van der Waals surface area contributed by atoms with Gasteiger partial charge in [0.25, 0.3) is 5.91 Å². The average Bonchev–Trinajstić information content (AvgIpc) is 2.83. The zero-order valence-corrected chi connectivity index (χ0v) is 13.7. The van der Waals surface area contributed by atoms with Crippen LogP contribution in [0.4, 0.5) is 0 Å². The molecule has 1 unspecified atom stereocenters. The lowest BCUT2D eigenvalue weighted by atomic mass is 10.1. The lowest BCUT2D eigenvalue weighted by Crippen LogP contribution is -2.33.